The lowest BCUT2D eigenvalue weighted by Crippen LogP contribution is -2.21. The maximum atomic E-state index is 4.49. The Kier molecular flexibility index (Phi) is 2.98. The van der Waals surface area contributed by atoms with Gasteiger partial charge >= 0.3 is 0 Å². The molecule has 0 radical (unpaired) electrons. The number of nitrogens with zero attached hydrogens (tertiary/aromatic N) is 2. The monoisotopic (exact) mass is 207 g/mol. The molecule has 1 saturated carbocycles. The van der Waals surface area contributed by atoms with Crippen LogP contribution in [0, 0.1) is 12.8 Å². The van der Waals surface area contributed by atoms with Crippen molar-refractivity contribution >= 4 is 5.95 Å². The van der Waals surface area contributed by atoms with E-state index in [1.807, 2.05) is 7.05 Å². The molecule has 2 rings (SSSR count). The van der Waals surface area contributed by atoms with Crippen LogP contribution in [0.15, 0.2) is 6.20 Å². The van der Waals surface area contributed by atoms with Crippen LogP contribution in [0.3, 0.4) is 0 Å². The van der Waals surface area contributed by atoms with Crippen LogP contribution in [-0.4, -0.2) is 16.6 Å². The molecule has 0 spiro atoms. The molecule has 1 aliphatic rings. The van der Waals surface area contributed by atoms with E-state index in [1.165, 1.54) is 25.7 Å². The van der Waals surface area contributed by atoms with Crippen LogP contribution in [-0.2, 0) is 0 Å². The summed E-state index contributed by atoms with van der Waals surface area (Å²) in [6.07, 6.45) is 7.57. The van der Waals surface area contributed by atoms with E-state index < -0.39 is 0 Å². The molecule has 1 aliphatic carbocycles. The van der Waals surface area contributed by atoms with Crippen LogP contribution < -0.4 is 5.32 Å². The largest absolute Gasteiger partial charge is 0.359 e. The van der Waals surface area contributed by atoms with Gasteiger partial charge in [-0.05, 0) is 25.7 Å². The molecule has 15 heavy (non-hydrogen) atoms. The Balaban J connectivity index is 2.26. The van der Waals surface area contributed by atoms with Crippen molar-refractivity contribution in [2.45, 2.75) is 45.6 Å². The Morgan fingerprint density at radius 1 is 1.40 bits per heavy atom. The molecule has 0 aliphatic heterocycles. The standard InChI is InChI=1S/C12H21N3/c1-9-6-4-5-7-11(9)15-8-10(2)14-12(15)13-3/h8-9,11H,4-7H2,1-3H3,(H,13,14). The molecule has 0 bridgehead atoms. The molecule has 3 nitrogen and oxygen atoms in total. The summed E-state index contributed by atoms with van der Waals surface area (Å²) in [4.78, 5) is 4.49. The second-order valence-electron chi connectivity index (χ2n) is 4.69. The Labute approximate surface area is 91.9 Å². The van der Waals surface area contributed by atoms with E-state index in [1.54, 1.807) is 0 Å². The Morgan fingerprint density at radius 2 is 2.13 bits per heavy atom. The molecule has 1 aromatic rings. The van der Waals surface area contributed by atoms with E-state index in [-0.39, 0.29) is 0 Å². The summed E-state index contributed by atoms with van der Waals surface area (Å²) in [6.45, 7) is 4.42. The molecule has 0 saturated heterocycles. The van der Waals surface area contributed by atoms with Crippen LogP contribution in [0.4, 0.5) is 5.95 Å². The van der Waals surface area contributed by atoms with Crippen molar-refractivity contribution in [1.29, 1.82) is 0 Å². The molecule has 1 heterocycles. The number of aromatic nitrogens is 2. The molecule has 0 amide bonds. The Morgan fingerprint density at radius 3 is 2.80 bits per heavy atom. The van der Waals surface area contributed by atoms with E-state index in [0.717, 1.165) is 17.6 Å². The molecule has 1 fully saturated rings. The van der Waals surface area contributed by atoms with E-state index in [9.17, 15) is 0 Å². The molecule has 2 unspecified atom stereocenters. The molecular formula is C12H21N3. The zero-order valence-corrected chi connectivity index (χ0v) is 9.95. The first-order valence-corrected chi connectivity index (χ1v) is 5.95. The number of anilines is 1. The van der Waals surface area contributed by atoms with E-state index >= 15 is 0 Å². The molecule has 1 N–H and O–H groups in total. The summed E-state index contributed by atoms with van der Waals surface area (Å²) >= 11 is 0. The van der Waals surface area contributed by atoms with Crippen molar-refractivity contribution in [3.05, 3.63) is 11.9 Å². The minimum absolute atomic E-state index is 0.641. The van der Waals surface area contributed by atoms with Crippen molar-refractivity contribution in [1.82, 2.24) is 9.55 Å². The number of hydrogen-bond donors (Lipinski definition) is 1. The Hall–Kier alpha value is -0.990. The van der Waals surface area contributed by atoms with Crippen LogP contribution in [0.2, 0.25) is 0 Å². The fourth-order valence-electron chi connectivity index (χ4n) is 2.66. The number of hydrogen-bond acceptors (Lipinski definition) is 2. The van der Waals surface area contributed by atoms with Crippen LogP contribution in [0.5, 0.6) is 0 Å². The highest BCUT2D eigenvalue weighted by Crippen LogP contribution is 2.35. The zero-order chi connectivity index (χ0) is 10.8. The average molecular weight is 207 g/mol. The predicted molar refractivity (Wildman–Crippen MR) is 63.2 cm³/mol. The van der Waals surface area contributed by atoms with Crippen molar-refractivity contribution in [3.63, 3.8) is 0 Å². The highest BCUT2D eigenvalue weighted by Gasteiger charge is 2.24. The van der Waals surface area contributed by atoms with Crippen molar-refractivity contribution in [2.75, 3.05) is 12.4 Å². The summed E-state index contributed by atoms with van der Waals surface area (Å²) in [5.41, 5.74) is 1.11. The molecule has 84 valence electrons. The van der Waals surface area contributed by atoms with Gasteiger partial charge in [0, 0.05) is 19.3 Å². The predicted octanol–water partition coefficient (Wildman–Crippen LogP) is 2.98. The van der Waals surface area contributed by atoms with Gasteiger partial charge in [0.25, 0.3) is 0 Å². The molecule has 1 aromatic heterocycles. The van der Waals surface area contributed by atoms with Crippen LogP contribution in [0.1, 0.15) is 44.3 Å². The topological polar surface area (TPSA) is 29.9 Å². The lowest BCUT2D eigenvalue weighted by Gasteiger charge is -2.30. The maximum Gasteiger partial charge on any atom is 0.203 e. The van der Waals surface area contributed by atoms with Gasteiger partial charge in [-0.1, -0.05) is 19.8 Å². The number of aryl methyl sites for hydroxylation is 1. The highest BCUT2D eigenvalue weighted by atomic mass is 15.2. The quantitative estimate of drug-likeness (QED) is 0.808. The summed E-state index contributed by atoms with van der Waals surface area (Å²) in [5, 5.41) is 3.19. The van der Waals surface area contributed by atoms with Crippen molar-refractivity contribution < 1.29 is 0 Å². The van der Waals surface area contributed by atoms with Gasteiger partial charge in [0.2, 0.25) is 5.95 Å². The maximum absolute atomic E-state index is 4.49. The molecular weight excluding hydrogens is 186 g/mol. The van der Waals surface area contributed by atoms with E-state index in [0.29, 0.717) is 6.04 Å². The van der Waals surface area contributed by atoms with E-state index in [4.69, 9.17) is 0 Å². The smallest absolute Gasteiger partial charge is 0.203 e. The molecule has 2 atom stereocenters. The second-order valence-corrected chi connectivity index (χ2v) is 4.69. The van der Waals surface area contributed by atoms with Gasteiger partial charge < -0.3 is 9.88 Å². The van der Waals surface area contributed by atoms with Gasteiger partial charge in [0.15, 0.2) is 0 Å². The minimum Gasteiger partial charge on any atom is -0.359 e. The minimum atomic E-state index is 0.641. The van der Waals surface area contributed by atoms with Crippen molar-refractivity contribution in [3.8, 4) is 0 Å². The van der Waals surface area contributed by atoms with Gasteiger partial charge in [0.05, 0.1) is 5.69 Å². The summed E-state index contributed by atoms with van der Waals surface area (Å²) in [7, 11) is 1.95. The summed E-state index contributed by atoms with van der Waals surface area (Å²) in [6, 6.07) is 0.641. The first-order valence-electron chi connectivity index (χ1n) is 5.95. The third-order valence-electron chi connectivity index (χ3n) is 3.50. The van der Waals surface area contributed by atoms with Gasteiger partial charge in [-0.15, -0.1) is 0 Å². The third kappa shape index (κ3) is 2.01. The van der Waals surface area contributed by atoms with Crippen LogP contribution >= 0.6 is 0 Å². The second kappa shape index (κ2) is 4.25. The lowest BCUT2D eigenvalue weighted by molar-refractivity contribution is 0.259. The normalized spacial score (nSPS) is 26.6. The average Bonchev–Trinajstić information content (AvgIpc) is 2.60. The number of imidazole rings is 1. The molecule has 3 heteroatoms. The fraction of sp³-hybridized carbons (Fsp3) is 0.750. The van der Waals surface area contributed by atoms with Crippen LogP contribution in [0.25, 0.3) is 0 Å². The third-order valence-corrected chi connectivity index (χ3v) is 3.50. The molecule has 0 aromatic carbocycles. The summed E-state index contributed by atoms with van der Waals surface area (Å²) < 4.78 is 2.33. The first kappa shape index (κ1) is 10.5. The number of nitrogens with one attached hydrogen (secondary N) is 1. The lowest BCUT2D eigenvalue weighted by atomic mass is 9.86. The van der Waals surface area contributed by atoms with Gasteiger partial charge in [-0.25, -0.2) is 4.98 Å². The van der Waals surface area contributed by atoms with Gasteiger partial charge in [0.1, 0.15) is 0 Å². The Bertz CT molecular complexity index is 330. The number of rotatable bonds is 2. The van der Waals surface area contributed by atoms with Gasteiger partial charge in [-0.3, -0.25) is 0 Å². The SMILES string of the molecule is CNc1nc(C)cn1C1CCCCC1C. The highest BCUT2D eigenvalue weighted by molar-refractivity contribution is 5.28. The summed E-state index contributed by atoms with van der Waals surface area (Å²) in [5.74, 6) is 1.80. The fourth-order valence-corrected chi connectivity index (χ4v) is 2.66. The first-order chi connectivity index (χ1) is 7.22. The van der Waals surface area contributed by atoms with Gasteiger partial charge in [-0.2, -0.15) is 0 Å². The van der Waals surface area contributed by atoms with Crippen molar-refractivity contribution in [2.24, 2.45) is 5.92 Å². The van der Waals surface area contributed by atoms with E-state index in [2.05, 4.69) is 34.9 Å². The zero-order valence-electron chi connectivity index (χ0n) is 9.95.